The van der Waals surface area contributed by atoms with E-state index >= 15 is 0 Å². The number of hydrogen-bond donors (Lipinski definition) is 3. The SMILES string of the molecule is NCC(=O)NCC(=O)Nc1ccc(I)cc1Br. The van der Waals surface area contributed by atoms with Crippen LogP contribution in [0.4, 0.5) is 5.69 Å². The summed E-state index contributed by atoms with van der Waals surface area (Å²) < 4.78 is 1.85. The molecule has 1 aromatic carbocycles. The number of hydrogen-bond acceptors (Lipinski definition) is 3. The third-order valence-corrected chi connectivity index (χ3v) is 3.16. The average molecular weight is 412 g/mol. The number of halogens is 2. The van der Waals surface area contributed by atoms with E-state index in [9.17, 15) is 9.59 Å². The molecule has 0 bridgehead atoms. The minimum atomic E-state index is -0.359. The Morgan fingerprint density at radius 2 is 2.06 bits per heavy atom. The summed E-state index contributed by atoms with van der Waals surface area (Å²) >= 11 is 5.51. The second-order valence-electron chi connectivity index (χ2n) is 3.15. The summed E-state index contributed by atoms with van der Waals surface area (Å²) in [5.41, 5.74) is 5.76. The van der Waals surface area contributed by atoms with Crippen molar-refractivity contribution in [2.75, 3.05) is 18.4 Å². The van der Waals surface area contributed by atoms with E-state index in [1.54, 1.807) is 6.07 Å². The average Bonchev–Trinajstić information content (AvgIpc) is 2.29. The van der Waals surface area contributed by atoms with E-state index in [1.807, 2.05) is 12.1 Å². The molecule has 1 rings (SSSR count). The largest absolute Gasteiger partial charge is 0.346 e. The fourth-order valence-electron chi connectivity index (χ4n) is 1.04. The first-order valence-electron chi connectivity index (χ1n) is 4.74. The zero-order valence-electron chi connectivity index (χ0n) is 8.80. The normalized spacial score (nSPS) is 9.82. The van der Waals surface area contributed by atoms with E-state index in [0.717, 1.165) is 8.04 Å². The molecular formula is C10H11BrIN3O2. The van der Waals surface area contributed by atoms with Crippen molar-refractivity contribution >= 4 is 56.0 Å². The van der Waals surface area contributed by atoms with Crippen LogP contribution in [0, 0.1) is 3.57 Å². The smallest absolute Gasteiger partial charge is 0.243 e. The molecule has 0 aliphatic rings. The highest BCUT2D eigenvalue weighted by atomic mass is 127. The van der Waals surface area contributed by atoms with E-state index in [4.69, 9.17) is 5.73 Å². The van der Waals surface area contributed by atoms with E-state index in [1.165, 1.54) is 0 Å². The van der Waals surface area contributed by atoms with E-state index < -0.39 is 0 Å². The molecule has 0 spiro atoms. The molecule has 0 aliphatic heterocycles. The highest BCUT2D eigenvalue weighted by molar-refractivity contribution is 14.1. The highest BCUT2D eigenvalue weighted by Crippen LogP contribution is 2.24. The summed E-state index contributed by atoms with van der Waals surface area (Å²) in [5.74, 6) is -0.657. The Labute approximate surface area is 121 Å². The molecule has 17 heavy (non-hydrogen) atoms. The second-order valence-corrected chi connectivity index (χ2v) is 5.25. The number of nitrogens with one attached hydrogen (secondary N) is 2. The molecular weight excluding hydrogens is 401 g/mol. The lowest BCUT2D eigenvalue weighted by molar-refractivity contribution is -0.123. The van der Waals surface area contributed by atoms with Crippen molar-refractivity contribution in [3.63, 3.8) is 0 Å². The van der Waals surface area contributed by atoms with E-state index in [2.05, 4.69) is 49.2 Å². The van der Waals surface area contributed by atoms with Crippen LogP contribution in [0.5, 0.6) is 0 Å². The van der Waals surface area contributed by atoms with Crippen LogP contribution in [-0.2, 0) is 9.59 Å². The maximum atomic E-state index is 11.5. The second kappa shape index (κ2) is 6.92. The Kier molecular flexibility index (Phi) is 5.86. The predicted molar refractivity (Wildman–Crippen MR) is 77.6 cm³/mol. The standard InChI is InChI=1S/C10H11BrIN3O2/c11-7-3-6(12)1-2-8(7)15-10(17)5-14-9(16)4-13/h1-3H,4-5,13H2,(H,14,16)(H,15,17). The van der Waals surface area contributed by atoms with Crippen molar-refractivity contribution in [2.45, 2.75) is 0 Å². The predicted octanol–water partition coefficient (Wildman–Crippen LogP) is 1.07. The molecule has 4 N–H and O–H groups in total. The Morgan fingerprint density at radius 3 is 2.65 bits per heavy atom. The Hall–Kier alpha value is -0.670. The third kappa shape index (κ3) is 5.00. The molecule has 0 saturated carbocycles. The van der Waals surface area contributed by atoms with Gasteiger partial charge in [-0.1, -0.05) is 0 Å². The van der Waals surface area contributed by atoms with Crippen LogP contribution in [0.2, 0.25) is 0 Å². The third-order valence-electron chi connectivity index (χ3n) is 1.84. The number of rotatable bonds is 4. The van der Waals surface area contributed by atoms with Crippen molar-refractivity contribution in [3.8, 4) is 0 Å². The van der Waals surface area contributed by atoms with Crippen LogP contribution in [0.15, 0.2) is 22.7 Å². The molecule has 2 amide bonds. The number of carbonyl (C=O) groups excluding carboxylic acids is 2. The first-order chi connectivity index (χ1) is 8.02. The van der Waals surface area contributed by atoms with Crippen molar-refractivity contribution in [2.24, 2.45) is 5.73 Å². The summed E-state index contributed by atoms with van der Waals surface area (Å²) in [7, 11) is 0. The van der Waals surface area contributed by atoms with Crippen molar-refractivity contribution in [1.29, 1.82) is 0 Å². The molecule has 0 saturated heterocycles. The van der Waals surface area contributed by atoms with E-state index in [0.29, 0.717) is 5.69 Å². The van der Waals surface area contributed by atoms with Crippen molar-refractivity contribution in [1.82, 2.24) is 5.32 Å². The topological polar surface area (TPSA) is 84.2 Å². The molecule has 0 unspecified atom stereocenters. The van der Waals surface area contributed by atoms with E-state index in [-0.39, 0.29) is 24.9 Å². The molecule has 1 aromatic rings. The summed E-state index contributed by atoms with van der Waals surface area (Å²) in [6.07, 6.45) is 0. The van der Waals surface area contributed by atoms with Gasteiger partial charge in [-0.15, -0.1) is 0 Å². The molecule has 92 valence electrons. The first kappa shape index (κ1) is 14.4. The lowest BCUT2D eigenvalue weighted by atomic mass is 10.3. The number of carbonyl (C=O) groups is 2. The number of nitrogens with two attached hydrogens (primary N) is 1. The Morgan fingerprint density at radius 1 is 1.35 bits per heavy atom. The van der Waals surface area contributed by atoms with Crippen LogP contribution in [0.25, 0.3) is 0 Å². The fourth-order valence-corrected chi connectivity index (χ4v) is 2.43. The summed E-state index contributed by atoms with van der Waals surface area (Å²) in [4.78, 5) is 22.3. The van der Waals surface area contributed by atoms with Gasteiger partial charge in [0.15, 0.2) is 0 Å². The maximum absolute atomic E-state index is 11.5. The number of anilines is 1. The summed E-state index contributed by atoms with van der Waals surface area (Å²) in [6.45, 7) is -0.213. The van der Waals surface area contributed by atoms with Gasteiger partial charge < -0.3 is 16.4 Å². The minimum absolute atomic E-state index is 0.0888. The molecule has 0 atom stereocenters. The zero-order valence-corrected chi connectivity index (χ0v) is 12.5. The molecule has 0 fully saturated rings. The lowest BCUT2D eigenvalue weighted by Gasteiger charge is -2.08. The van der Waals surface area contributed by atoms with Crippen molar-refractivity contribution in [3.05, 3.63) is 26.2 Å². The molecule has 7 heteroatoms. The quantitative estimate of drug-likeness (QED) is 0.648. The minimum Gasteiger partial charge on any atom is -0.346 e. The Bertz CT molecular complexity index is 440. The molecule has 0 heterocycles. The van der Waals surface area contributed by atoms with Gasteiger partial charge in [-0.25, -0.2) is 0 Å². The maximum Gasteiger partial charge on any atom is 0.243 e. The lowest BCUT2D eigenvalue weighted by Crippen LogP contribution is -2.36. The van der Waals surface area contributed by atoms with Crippen LogP contribution in [-0.4, -0.2) is 24.9 Å². The molecule has 0 radical (unpaired) electrons. The van der Waals surface area contributed by atoms with Gasteiger partial charge in [0.2, 0.25) is 11.8 Å². The van der Waals surface area contributed by atoms with Gasteiger partial charge in [0, 0.05) is 8.04 Å². The van der Waals surface area contributed by atoms with Gasteiger partial charge in [0.05, 0.1) is 18.8 Å². The highest BCUT2D eigenvalue weighted by Gasteiger charge is 2.07. The van der Waals surface area contributed by atoms with Crippen LogP contribution < -0.4 is 16.4 Å². The summed E-state index contributed by atoms with van der Waals surface area (Å²) in [6, 6.07) is 5.54. The van der Waals surface area contributed by atoms with Crippen LogP contribution >= 0.6 is 38.5 Å². The number of benzene rings is 1. The molecule has 0 aliphatic carbocycles. The van der Waals surface area contributed by atoms with Gasteiger partial charge in [-0.05, 0) is 56.7 Å². The van der Waals surface area contributed by atoms with Crippen molar-refractivity contribution < 1.29 is 9.59 Å². The van der Waals surface area contributed by atoms with Crippen LogP contribution in [0.1, 0.15) is 0 Å². The van der Waals surface area contributed by atoms with Gasteiger partial charge in [0.1, 0.15) is 0 Å². The first-order valence-corrected chi connectivity index (χ1v) is 6.61. The van der Waals surface area contributed by atoms with Gasteiger partial charge >= 0.3 is 0 Å². The van der Waals surface area contributed by atoms with Gasteiger partial charge in [-0.2, -0.15) is 0 Å². The number of amides is 2. The fraction of sp³-hybridized carbons (Fsp3) is 0.200. The zero-order chi connectivity index (χ0) is 12.8. The van der Waals surface area contributed by atoms with Gasteiger partial charge in [-0.3, -0.25) is 9.59 Å². The van der Waals surface area contributed by atoms with Crippen LogP contribution in [0.3, 0.4) is 0 Å². The van der Waals surface area contributed by atoms with Gasteiger partial charge in [0.25, 0.3) is 0 Å². The molecule has 5 nitrogen and oxygen atoms in total. The monoisotopic (exact) mass is 411 g/mol. The summed E-state index contributed by atoms with van der Waals surface area (Å²) in [5, 5.41) is 5.06. The molecule has 0 aromatic heterocycles. The Balaban J connectivity index is 2.53.